The standard InChI is InChI=1S/C20H26N2O2/c1-14(2)24-18-10-8-17(9-11-18)22-20(23)12-13-21-19-7-5-6-15(3)16(19)4/h5-11,14,21H,12-13H2,1-4H3,(H,22,23). The van der Waals surface area contributed by atoms with Crippen LogP contribution in [0.3, 0.4) is 0 Å². The highest BCUT2D eigenvalue weighted by molar-refractivity contribution is 5.91. The Hall–Kier alpha value is -2.49. The molecule has 2 rings (SSSR count). The smallest absolute Gasteiger partial charge is 0.226 e. The topological polar surface area (TPSA) is 50.4 Å². The molecule has 4 nitrogen and oxygen atoms in total. The van der Waals surface area contributed by atoms with Crippen LogP contribution >= 0.6 is 0 Å². The van der Waals surface area contributed by atoms with Crippen LogP contribution in [0.15, 0.2) is 42.5 Å². The van der Waals surface area contributed by atoms with Gasteiger partial charge in [0.05, 0.1) is 6.10 Å². The molecule has 0 spiro atoms. The van der Waals surface area contributed by atoms with Crippen LogP contribution in [0.2, 0.25) is 0 Å². The van der Waals surface area contributed by atoms with E-state index in [1.807, 2.05) is 50.2 Å². The molecule has 0 atom stereocenters. The van der Waals surface area contributed by atoms with E-state index < -0.39 is 0 Å². The Morgan fingerprint density at radius 2 is 1.79 bits per heavy atom. The first-order chi connectivity index (χ1) is 11.5. The molecule has 4 heteroatoms. The summed E-state index contributed by atoms with van der Waals surface area (Å²) >= 11 is 0. The van der Waals surface area contributed by atoms with Gasteiger partial charge < -0.3 is 15.4 Å². The van der Waals surface area contributed by atoms with Crippen LogP contribution in [-0.4, -0.2) is 18.6 Å². The van der Waals surface area contributed by atoms with Gasteiger partial charge in [-0.3, -0.25) is 4.79 Å². The molecule has 0 bridgehead atoms. The molecule has 0 unspecified atom stereocenters. The largest absolute Gasteiger partial charge is 0.491 e. The summed E-state index contributed by atoms with van der Waals surface area (Å²) in [6.45, 7) is 8.74. The highest BCUT2D eigenvalue weighted by Gasteiger charge is 2.05. The Balaban J connectivity index is 1.80. The Labute approximate surface area is 144 Å². The third-order valence-electron chi connectivity index (χ3n) is 3.78. The summed E-state index contributed by atoms with van der Waals surface area (Å²) in [6, 6.07) is 13.6. The van der Waals surface area contributed by atoms with E-state index in [0.29, 0.717) is 13.0 Å². The third kappa shape index (κ3) is 5.30. The SMILES string of the molecule is Cc1cccc(NCCC(=O)Nc2ccc(OC(C)C)cc2)c1C. The molecule has 24 heavy (non-hydrogen) atoms. The lowest BCUT2D eigenvalue weighted by Gasteiger charge is -2.12. The Morgan fingerprint density at radius 3 is 2.46 bits per heavy atom. The zero-order chi connectivity index (χ0) is 17.5. The van der Waals surface area contributed by atoms with Crippen molar-refractivity contribution >= 4 is 17.3 Å². The zero-order valence-electron chi connectivity index (χ0n) is 14.8. The maximum atomic E-state index is 12.0. The van der Waals surface area contributed by atoms with Crippen LogP contribution in [0.4, 0.5) is 11.4 Å². The van der Waals surface area contributed by atoms with Crippen molar-refractivity contribution in [3.8, 4) is 5.75 Å². The monoisotopic (exact) mass is 326 g/mol. The van der Waals surface area contributed by atoms with Crippen molar-refractivity contribution in [2.75, 3.05) is 17.2 Å². The lowest BCUT2D eigenvalue weighted by molar-refractivity contribution is -0.115. The van der Waals surface area contributed by atoms with Crippen molar-refractivity contribution < 1.29 is 9.53 Å². The number of nitrogens with one attached hydrogen (secondary N) is 2. The van der Waals surface area contributed by atoms with Gasteiger partial charge >= 0.3 is 0 Å². The van der Waals surface area contributed by atoms with Gasteiger partial charge in [-0.2, -0.15) is 0 Å². The van der Waals surface area contributed by atoms with Crippen molar-refractivity contribution in [1.29, 1.82) is 0 Å². The second-order valence-corrected chi connectivity index (χ2v) is 6.16. The minimum Gasteiger partial charge on any atom is -0.491 e. The molecule has 0 saturated heterocycles. The van der Waals surface area contributed by atoms with Gasteiger partial charge in [0, 0.05) is 24.3 Å². The number of carbonyl (C=O) groups excluding carboxylic acids is 1. The maximum absolute atomic E-state index is 12.0. The van der Waals surface area contributed by atoms with Gasteiger partial charge in [0.1, 0.15) is 5.75 Å². The number of carbonyl (C=O) groups is 1. The van der Waals surface area contributed by atoms with Crippen LogP contribution in [-0.2, 0) is 4.79 Å². The fourth-order valence-electron chi connectivity index (χ4n) is 2.37. The molecule has 0 aliphatic carbocycles. The molecule has 0 heterocycles. The number of hydrogen-bond donors (Lipinski definition) is 2. The second-order valence-electron chi connectivity index (χ2n) is 6.16. The molecule has 2 N–H and O–H groups in total. The van der Waals surface area contributed by atoms with E-state index in [2.05, 4.69) is 30.5 Å². The first-order valence-corrected chi connectivity index (χ1v) is 8.32. The third-order valence-corrected chi connectivity index (χ3v) is 3.78. The van der Waals surface area contributed by atoms with Crippen LogP contribution < -0.4 is 15.4 Å². The zero-order valence-corrected chi connectivity index (χ0v) is 14.8. The fraction of sp³-hybridized carbons (Fsp3) is 0.350. The lowest BCUT2D eigenvalue weighted by Crippen LogP contribution is -2.16. The molecule has 0 fully saturated rings. The minimum absolute atomic E-state index is 0.00895. The number of anilines is 2. The molecule has 128 valence electrons. The molecule has 2 aromatic carbocycles. The predicted octanol–water partition coefficient (Wildman–Crippen LogP) is 4.53. The molecule has 0 aromatic heterocycles. The summed E-state index contributed by atoms with van der Waals surface area (Å²) in [5.74, 6) is 0.796. The van der Waals surface area contributed by atoms with Gasteiger partial charge in [-0.25, -0.2) is 0 Å². The summed E-state index contributed by atoms with van der Waals surface area (Å²) in [4.78, 5) is 12.0. The minimum atomic E-state index is -0.00895. The van der Waals surface area contributed by atoms with Gasteiger partial charge in [-0.05, 0) is 69.2 Å². The summed E-state index contributed by atoms with van der Waals surface area (Å²) < 4.78 is 5.59. The molecular weight excluding hydrogens is 300 g/mol. The van der Waals surface area contributed by atoms with Gasteiger partial charge in [-0.1, -0.05) is 12.1 Å². The number of hydrogen-bond acceptors (Lipinski definition) is 3. The van der Waals surface area contributed by atoms with Crippen molar-refractivity contribution in [2.45, 2.75) is 40.2 Å². The van der Waals surface area contributed by atoms with Crippen LogP contribution in [0.5, 0.6) is 5.75 Å². The van der Waals surface area contributed by atoms with Crippen LogP contribution in [0.25, 0.3) is 0 Å². The number of benzene rings is 2. The second kappa shape index (κ2) is 8.39. The van der Waals surface area contributed by atoms with Crippen molar-refractivity contribution in [3.05, 3.63) is 53.6 Å². The van der Waals surface area contributed by atoms with E-state index in [9.17, 15) is 4.79 Å². The van der Waals surface area contributed by atoms with Crippen LogP contribution in [0, 0.1) is 13.8 Å². The van der Waals surface area contributed by atoms with E-state index in [4.69, 9.17) is 4.74 Å². The van der Waals surface area contributed by atoms with Crippen molar-refractivity contribution in [3.63, 3.8) is 0 Å². The van der Waals surface area contributed by atoms with E-state index in [1.54, 1.807) is 0 Å². The first-order valence-electron chi connectivity index (χ1n) is 8.32. The molecule has 0 aliphatic heterocycles. The Morgan fingerprint density at radius 1 is 1.08 bits per heavy atom. The Bertz CT molecular complexity index is 679. The predicted molar refractivity (Wildman–Crippen MR) is 99.9 cm³/mol. The molecular formula is C20H26N2O2. The van der Waals surface area contributed by atoms with E-state index in [1.165, 1.54) is 11.1 Å². The highest BCUT2D eigenvalue weighted by atomic mass is 16.5. The van der Waals surface area contributed by atoms with Crippen molar-refractivity contribution in [1.82, 2.24) is 0 Å². The number of ether oxygens (including phenoxy) is 1. The molecule has 0 saturated carbocycles. The fourth-order valence-corrected chi connectivity index (χ4v) is 2.37. The number of rotatable bonds is 7. The molecule has 0 radical (unpaired) electrons. The highest BCUT2D eigenvalue weighted by Crippen LogP contribution is 2.18. The maximum Gasteiger partial charge on any atom is 0.226 e. The summed E-state index contributed by atoms with van der Waals surface area (Å²) in [5.41, 5.74) is 4.33. The number of aryl methyl sites for hydroxylation is 1. The summed E-state index contributed by atoms with van der Waals surface area (Å²) in [7, 11) is 0. The molecule has 0 aliphatic rings. The van der Waals surface area contributed by atoms with E-state index in [0.717, 1.165) is 17.1 Å². The number of amides is 1. The van der Waals surface area contributed by atoms with E-state index >= 15 is 0 Å². The van der Waals surface area contributed by atoms with E-state index in [-0.39, 0.29) is 12.0 Å². The average Bonchev–Trinajstić information content (AvgIpc) is 2.53. The van der Waals surface area contributed by atoms with Crippen LogP contribution in [0.1, 0.15) is 31.4 Å². The lowest BCUT2D eigenvalue weighted by atomic mass is 10.1. The summed E-state index contributed by atoms with van der Waals surface area (Å²) in [5, 5.41) is 6.22. The molecule has 1 amide bonds. The van der Waals surface area contributed by atoms with Gasteiger partial charge in [0.15, 0.2) is 0 Å². The van der Waals surface area contributed by atoms with Gasteiger partial charge in [0.25, 0.3) is 0 Å². The first kappa shape index (κ1) is 17.9. The quantitative estimate of drug-likeness (QED) is 0.786. The normalized spacial score (nSPS) is 10.5. The van der Waals surface area contributed by atoms with Crippen molar-refractivity contribution in [2.24, 2.45) is 0 Å². The summed E-state index contributed by atoms with van der Waals surface area (Å²) in [6.07, 6.45) is 0.555. The van der Waals surface area contributed by atoms with Gasteiger partial charge in [0.2, 0.25) is 5.91 Å². The average molecular weight is 326 g/mol. The van der Waals surface area contributed by atoms with Gasteiger partial charge in [-0.15, -0.1) is 0 Å². The Kier molecular flexibility index (Phi) is 6.24. The molecule has 2 aromatic rings.